The molecule has 76 valence electrons. The van der Waals surface area contributed by atoms with E-state index < -0.39 is 0 Å². The minimum Gasteiger partial charge on any atom is -0.314 e. The van der Waals surface area contributed by atoms with Gasteiger partial charge in [0.05, 0.1) is 0 Å². The lowest BCUT2D eigenvalue weighted by Crippen LogP contribution is -2.51. The van der Waals surface area contributed by atoms with Crippen LogP contribution in [0.2, 0.25) is 0 Å². The summed E-state index contributed by atoms with van der Waals surface area (Å²) in [5, 5.41) is 3.50. The van der Waals surface area contributed by atoms with E-state index in [0.717, 1.165) is 6.42 Å². The molecule has 2 nitrogen and oxygen atoms in total. The van der Waals surface area contributed by atoms with Crippen molar-refractivity contribution >= 4 is 0 Å². The van der Waals surface area contributed by atoms with Gasteiger partial charge in [0.1, 0.15) is 0 Å². The summed E-state index contributed by atoms with van der Waals surface area (Å²) in [6.45, 7) is 6.23. The molecule has 0 aromatic carbocycles. The lowest BCUT2D eigenvalue weighted by molar-refractivity contribution is 0.156. The standard InChI is InChI=1S/C11H22N2/c1-4-5-6-11(12-2)7-9-13(3)10-8-11/h4,12H,1,5-10H2,2-3H3. The van der Waals surface area contributed by atoms with Crippen LogP contribution < -0.4 is 5.32 Å². The monoisotopic (exact) mass is 182 g/mol. The second-order valence-corrected chi connectivity index (χ2v) is 4.16. The Labute approximate surface area is 82.0 Å². The molecule has 0 aromatic heterocycles. The van der Waals surface area contributed by atoms with Crippen molar-refractivity contribution < 1.29 is 0 Å². The van der Waals surface area contributed by atoms with Crippen molar-refractivity contribution in [3.8, 4) is 0 Å². The maximum Gasteiger partial charge on any atom is 0.0205 e. The van der Waals surface area contributed by atoms with Crippen LogP contribution in [0.15, 0.2) is 12.7 Å². The zero-order chi connectivity index (χ0) is 9.73. The summed E-state index contributed by atoms with van der Waals surface area (Å²) in [5.74, 6) is 0. The molecular formula is C11H22N2. The molecule has 0 radical (unpaired) electrons. The molecule has 1 rings (SSSR count). The Hall–Kier alpha value is -0.340. The van der Waals surface area contributed by atoms with Gasteiger partial charge in [-0.3, -0.25) is 0 Å². The van der Waals surface area contributed by atoms with Crippen molar-refractivity contribution in [2.24, 2.45) is 0 Å². The van der Waals surface area contributed by atoms with E-state index >= 15 is 0 Å². The van der Waals surface area contributed by atoms with Gasteiger partial charge in [0, 0.05) is 5.54 Å². The van der Waals surface area contributed by atoms with Crippen molar-refractivity contribution in [1.29, 1.82) is 0 Å². The van der Waals surface area contributed by atoms with Crippen molar-refractivity contribution in [3.05, 3.63) is 12.7 Å². The zero-order valence-corrected chi connectivity index (χ0v) is 8.97. The molecule has 0 aliphatic carbocycles. The molecule has 0 bridgehead atoms. The van der Waals surface area contributed by atoms with Gasteiger partial charge in [0.2, 0.25) is 0 Å². The predicted octanol–water partition coefficient (Wildman–Crippen LogP) is 1.64. The maximum atomic E-state index is 3.79. The Bertz CT molecular complexity index is 157. The molecule has 1 fully saturated rings. The van der Waals surface area contributed by atoms with E-state index in [4.69, 9.17) is 0 Å². The smallest absolute Gasteiger partial charge is 0.0205 e. The molecule has 0 aromatic rings. The Morgan fingerprint density at radius 2 is 2.08 bits per heavy atom. The van der Waals surface area contributed by atoms with Crippen molar-refractivity contribution in [2.45, 2.75) is 31.2 Å². The molecule has 0 unspecified atom stereocenters. The van der Waals surface area contributed by atoms with Gasteiger partial charge in [0.25, 0.3) is 0 Å². The highest BCUT2D eigenvalue weighted by molar-refractivity contribution is 4.93. The van der Waals surface area contributed by atoms with Crippen LogP contribution in [-0.4, -0.2) is 37.6 Å². The average Bonchev–Trinajstić information content (AvgIpc) is 2.18. The highest BCUT2D eigenvalue weighted by Gasteiger charge is 2.30. The highest BCUT2D eigenvalue weighted by atomic mass is 15.1. The van der Waals surface area contributed by atoms with E-state index in [0.29, 0.717) is 5.54 Å². The summed E-state index contributed by atoms with van der Waals surface area (Å²) >= 11 is 0. The number of hydrogen-bond donors (Lipinski definition) is 1. The lowest BCUT2D eigenvalue weighted by atomic mass is 9.83. The first-order valence-corrected chi connectivity index (χ1v) is 5.21. The summed E-state index contributed by atoms with van der Waals surface area (Å²) in [6.07, 6.45) is 6.94. The topological polar surface area (TPSA) is 15.3 Å². The van der Waals surface area contributed by atoms with Crippen LogP contribution in [0.25, 0.3) is 0 Å². The summed E-state index contributed by atoms with van der Waals surface area (Å²) in [6, 6.07) is 0. The van der Waals surface area contributed by atoms with Gasteiger partial charge in [-0.25, -0.2) is 0 Å². The Morgan fingerprint density at radius 1 is 1.46 bits per heavy atom. The molecular weight excluding hydrogens is 160 g/mol. The predicted molar refractivity (Wildman–Crippen MR) is 58.0 cm³/mol. The second kappa shape index (κ2) is 4.77. The molecule has 0 atom stereocenters. The number of likely N-dealkylation sites (tertiary alicyclic amines) is 1. The van der Waals surface area contributed by atoms with Gasteiger partial charge in [0.15, 0.2) is 0 Å². The van der Waals surface area contributed by atoms with Gasteiger partial charge in [-0.15, -0.1) is 6.58 Å². The molecule has 1 aliphatic heterocycles. The number of nitrogens with zero attached hydrogens (tertiary/aromatic N) is 1. The van der Waals surface area contributed by atoms with Crippen LogP contribution in [0.3, 0.4) is 0 Å². The quantitative estimate of drug-likeness (QED) is 0.665. The average molecular weight is 182 g/mol. The first kappa shape index (κ1) is 10.7. The zero-order valence-electron chi connectivity index (χ0n) is 8.97. The number of hydrogen-bond acceptors (Lipinski definition) is 2. The van der Waals surface area contributed by atoms with Crippen LogP contribution in [0, 0.1) is 0 Å². The number of rotatable bonds is 4. The molecule has 1 N–H and O–H groups in total. The molecule has 13 heavy (non-hydrogen) atoms. The van der Waals surface area contributed by atoms with Gasteiger partial charge in [-0.05, 0) is 52.9 Å². The third kappa shape index (κ3) is 2.82. The van der Waals surface area contributed by atoms with Crippen molar-refractivity contribution in [3.63, 3.8) is 0 Å². The third-order valence-corrected chi connectivity index (χ3v) is 3.30. The van der Waals surface area contributed by atoms with Gasteiger partial charge in [-0.1, -0.05) is 6.08 Å². The molecule has 2 heteroatoms. The number of piperidine rings is 1. The van der Waals surface area contributed by atoms with E-state index in [1.165, 1.54) is 32.4 Å². The normalized spacial score (nSPS) is 22.9. The third-order valence-electron chi connectivity index (χ3n) is 3.30. The number of allylic oxidation sites excluding steroid dienone is 1. The highest BCUT2D eigenvalue weighted by Crippen LogP contribution is 2.26. The Morgan fingerprint density at radius 3 is 2.54 bits per heavy atom. The lowest BCUT2D eigenvalue weighted by Gasteiger charge is -2.40. The summed E-state index contributed by atoms with van der Waals surface area (Å²) in [4.78, 5) is 2.41. The first-order valence-electron chi connectivity index (χ1n) is 5.21. The van der Waals surface area contributed by atoms with Crippen molar-refractivity contribution in [1.82, 2.24) is 10.2 Å². The molecule has 0 saturated carbocycles. The van der Waals surface area contributed by atoms with Gasteiger partial charge < -0.3 is 10.2 Å². The fourth-order valence-electron chi connectivity index (χ4n) is 2.05. The minimum atomic E-state index is 0.390. The molecule has 0 spiro atoms. The molecule has 1 saturated heterocycles. The molecule has 1 heterocycles. The summed E-state index contributed by atoms with van der Waals surface area (Å²) in [7, 11) is 4.29. The van der Waals surface area contributed by atoms with Gasteiger partial charge >= 0.3 is 0 Å². The van der Waals surface area contributed by atoms with Crippen LogP contribution >= 0.6 is 0 Å². The Balaban J connectivity index is 2.44. The fourth-order valence-corrected chi connectivity index (χ4v) is 2.05. The van der Waals surface area contributed by atoms with Crippen LogP contribution in [0.4, 0.5) is 0 Å². The molecule has 1 aliphatic rings. The summed E-state index contributed by atoms with van der Waals surface area (Å²) < 4.78 is 0. The van der Waals surface area contributed by atoms with Gasteiger partial charge in [-0.2, -0.15) is 0 Å². The van der Waals surface area contributed by atoms with E-state index in [-0.39, 0.29) is 0 Å². The fraction of sp³-hybridized carbons (Fsp3) is 0.818. The van der Waals surface area contributed by atoms with Crippen LogP contribution in [0.1, 0.15) is 25.7 Å². The van der Waals surface area contributed by atoms with E-state index in [9.17, 15) is 0 Å². The van der Waals surface area contributed by atoms with Crippen LogP contribution in [0.5, 0.6) is 0 Å². The summed E-state index contributed by atoms with van der Waals surface area (Å²) in [5.41, 5.74) is 0.390. The molecule has 0 amide bonds. The van der Waals surface area contributed by atoms with E-state index in [2.05, 4.69) is 30.9 Å². The maximum absolute atomic E-state index is 3.79. The van der Waals surface area contributed by atoms with Crippen LogP contribution in [-0.2, 0) is 0 Å². The first-order chi connectivity index (χ1) is 6.22. The largest absolute Gasteiger partial charge is 0.314 e. The Kier molecular flexibility index (Phi) is 3.94. The van der Waals surface area contributed by atoms with E-state index in [1.54, 1.807) is 0 Å². The second-order valence-electron chi connectivity index (χ2n) is 4.16. The number of nitrogens with one attached hydrogen (secondary N) is 1. The SMILES string of the molecule is C=CCCC1(NC)CCN(C)CC1. The van der Waals surface area contributed by atoms with E-state index in [1.807, 2.05) is 6.08 Å². The van der Waals surface area contributed by atoms with Crippen molar-refractivity contribution in [2.75, 3.05) is 27.2 Å². The minimum absolute atomic E-state index is 0.390.